The van der Waals surface area contributed by atoms with Crippen LogP contribution in [-0.2, 0) is 0 Å². The maximum absolute atomic E-state index is 12.4. The molecule has 0 aliphatic carbocycles. The highest BCUT2D eigenvalue weighted by Gasteiger charge is 2.34. The van der Waals surface area contributed by atoms with E-state index in [0.717, 1.165) is 31.9 Å². The number of aliphatic imine (C=N–C) groups is 1. The van der Waals surface area contributed by atoms with Crippen LogP contribution in [0, 0.1) is 0 Å². The van der Waals surface area contributed by atoms with Gasteiger partial charge in [-0.1, -0.05) is 18.6 Å². The molecular formula is C23H36IN5O2. The Hall–Kier alpha value is -1.68. The summed E-state index contributed by atoms with van der Waals surface area (Å²) < 4.78 is 0. The Labute approximate surface area is 203 Å². The summed E-state index contributed by atoms with van der Waals surface area (Å²) in [6, 6.07) is 7.03. The van der Waals surface area contributed by atoms with Gasteiger partial charge in [-0.2, -0.15) is 0 Å². The van der Waals surface area contributed by atoms with Gasteiger partial charge in [0.15, 0.2) is 5.96 Å². The van der Waals surface area contributed by atoms with Crippen molar-refractivity contribution in [1.82, 2.24) is 20.4 Å². The summed E-state index contributed by atoms with van der Waals surface area (Å²) in [7, 11) is 1.78. The Kier molecular flexibility index (Phi) is 9.74. The fraction of sp³-hybridized carbons (Fsp3) is 0.609. The van der Waals surface area contributed by atoms with E-state index in [4.69, 9.17) is 0 Å². The molecule has 1 aromatic carbocycles. The van der Waals surface area contributed by atoms with Crippen molar-refractivity contribution in [3.8, 4) is 0 Å². The Bertz CT molecular complexity index is 755. The van der Waals surface area contributed by atoms with Gasteiger partial charge in [0.2, 0.25) is 0 Å². The van der Waals surface area contributed by atoms with Crippen LogP contribution < -0.4 is 10.6 Å². The van der Waals surface area contributed by atoms with Crippen molar-refractivity contribution in [2.24, 2.45) is 4.99 Å². The zero-order valence-electron chi connectivity index (χ0n) is 18.9. The molecule has 0 unspecified atom stereocenters. The molecule has 172 valence electrons. The maximum Gasteiger partial charge on any atom is 0.261 e. The van der Waals surface area contributed by atoms with E-state index in [1.807, 2.05) is 0 Å². The molecule has 7 nitrogen and oxygen atoms in total. The fourth-order valence-electron chi connectivity index (χ4n) is 4.18. The topological polar surface area (TPSA) is 77.0 Å². The first kappa shape index (κ1) is 25.6. The van der Waals surface area contributed by atoms with Crippen LogP contribution in [0.15, 0.2) is 29.3 Å². The molecule has 2 aliphatic rings. The first-order valence-corrected chi connectivity index (χ1v) is 11.1. The first-order chi connectivity index (χ1) is 14.4. The number of halogens is 1. The molecule has 31 heavy (non-hydrogen) atoms. The summed E-state index contributed by atoms with van der Waals surface area (Å²) in [5, 5.41) is 6.79. The van der Waals surface area contributed by atoms with Gasteiger partial charge in [0.25, 0.3) is 11.8 Å². The number of fused-ring (bicyclic) bond motifs is 1. The van der Waals surface area contributed by atoms with Gasteiger partial charge in [0.05, 0.1) is 11.1 Å². The second-order valence-electron chi connectivity index (χ2n) is 8.73. The van der Waals surface area contributed by atoms with Gasteiger partial charge in [-0.05, 0) is 64.8 Å². The van der Waals surface area contributed by atoms with Gasteiger partial charge >= 0.3 is 0 Å². The van der Waals surface area contributed by atoms with Crippen molar-refractivity contribution >= 4 is 41.8 Å². The predicted octanol–water partition coefficient (Wildman–Crippen LogP) is 3.11. The van der Waals surface area contributed by atoms with E-state index in [1.54, 1.807) is 31.3 Å². The number of imide groups is 1. The van der Waals surface area contributed by atoms with Crippen LogP contribution in [0.2, 0.25) is 0 Å². The Morgan fingerprint density at radius 2 is 1.61 bits per heavy atom. The molecule has 2 amide bonds. The molecule has 0 atom stereocenters. The highest BCUT2D eigenvalue weighted by atomic mass is 127. The van der Waals surface area contributed by atoms with Crippen molar-refractivity contribution in [2.45, 2.75) is 51.5 Å². The third kappa shape index (κ3) is 6.41. The Morgan fingerprint density at radius 1 is 1.00 bits per heavy atom. The molecule has 2 N–H and O–H groups in total. The molecular weight excluding hydrogens is 505 g/mol. The van der Waals surface area contributed by atoms with Crippen molar-refractivity contribution < 1.29 is 9.59 Å². The highest BCUT2D eigenvalue weighted by molar-refractivity contribution is 14.0. The standard InChI is InChI=1S/C23H35N5O2.HI/c1-23(2,27-14-8-4-9-15-27)17-26-22(24-3)25-13-7-10-16-28-20(29)18-11-5-6-12-19(18)21(28)30;/h5-6,11-12H,4,7-10,13-17H2,1-3H3,(H2,24,25,26);1H. The predicted molar refractivity (Wildman–Crippen MR) is 135 cm³/mol. The van der Waals surface area contributed by atoms with E-state index >= 15 is 0 Å². The van der Waals surface area contributed by atoms with E-state index < -0.39 is 0 Å². The van der Waals surface area contributed by atoms with Crippen molar-refractivity contribution in [3.63, 3.8) is 0 Å². The maximum atomic E-state index is 12.4. The largest absolute Gasteiger partial charge is 0.356 e. The van der Waals surface area contributed by atoms with E-state index in [9.17, 15) is 9.59 Å². The van der Waals surface area contributed by atoms with Crippen molar-refractivity contribution in [2.75, 3.05) is 39.8 Å². The molecule has 1 fully saturated rings. The third-order valence-corrected chi connectivity index (χ3v) is 6.10. The number of rotatable bonds is 8. The molecule has 0 saturated carbocycles. The average Bonchev–Trinajstić information content (AvgIpc) is 3.01. The minimum absolute atomic E-state index is 0. The molecule has 2 heterocycles. The molecule has 1 aromatic rings. The summed E-state index contributed by atoms with van der Waals surface area (Å²) in [6.07, 6.45) is 5.51. The lowest BCUT2D eigenvalue weighted by molar-refractivity contribution is 0.0652. The lowest BCUT2D eigenvalue weighted by Crippen LogP contribution is -2.54. The number of unbranched alkanes of at least 4 members (excludes halogenated alkanes) is 1. The first-order valence-electron chi connectivity index (χ1n) is 11.1. The van der Waals surface area contributed by atoms with Gasteiger partial charge in [0, 0.05) is 32.2 Å². The van der Waals surface area contributed by atoms with Gasteiger partial charge in [-0.15, -0.1) is 24.0 Å². The molecule has 1 saturated heterocycles. The number of carbonyl (C=O) groups is 2. The number of nitrogens with one attached hydrogen (secondary N) is 2. The molecule has 8 heteroatoms. The number of guanidine groups is 1. The smallest absolute Gasteiger partial charge is 0.261 e. The SMILES string of the molecule is CN=C(NCCCCN1C(=O)c2ccccc2C1=O)NCC(C)(C)N1CCCCC1.I. The normalized spacial score (nSPS) is 17.4. The molecule has 3 rings (SSSR count). The summed E-state index contributed by atoms with van der Waals surface area (Å²) >= 11 is 0. The van der Waals surface area contributed by atoms with Gasteiger partial charge in [-0.25, -0.2) is 0 Å². The number of hydrogen-bond donors (Lipinski definition) is 2. The number of piperidine rings is 1. The van der Waals surface area contributed by atoms with Gasteiger partial charge in [0.1, 0.15) is 0 Å². The zero-order chi connectivity index (χ0) is 21.6. The molecule has 0 spiro atoms. The average molecular weight is 541 g/mol. The number of hydrogen-bond acceptors (Lipinski definition) is 4. The number of likely N-dealkylation sites (tertiary alicyclic amines) is 1. The van der Waals surface area contributed by atoms with Crippen LogP contribution in [0.5, 0.6) is 0 Å². The van der Waals surface area contributed by atoms with Crippen LogP contribution in [0.4, 0.5) is 0 Å². The summed E-state index contributed by atoms with van der Waals surface area (Å²) in [5.41, 5.74) is 1.12. The van der Waals surface area contributed by atoms with Crippen LogP contribution in [0.25, 0.3) is 0 Å². The van der Waals surface area contributed by atoms with E-state index in [0.29, 0.717) is 17.7 Å². The minimum atomic E-state index is -0.180. The highest BCUT2D eigenvalue weighted by Crippen LogP contribution is 2.22. The quantitative estimate of drug-likeness (QED) is 0.174. The van der Waals surface area contributed by atoms with Crippen LogP contribution in [0.1, 0.15) is 66.7 Å². The van der Waals surface area contributed by atoms with Crippen LogP contribution in [0.3, 0.4) is 0 Å². The molecule has 0 aromatic heterocycles. The van der Waals surface area contributed by atoms with Crippen molar-refractivity contribution in [3.05, 3.63) is 35.4 Å². The molecule has 0 bridgehead atoms. The molecule has 2 aliphatic heterocycles. The number of nitrogens with zero attached hydrogens (tertiary/aromatic N) is 3. The van der Waals surface area contributed by atoms with E-state index in [1.165, 1.54) is 37.3 Å². The van der Waals surface area contributed by atoms with E-state index in [2.05, 4.69) is 34.4 Å². The van der Waals surface area contributed by atoms with Crippen LogP contribution in [-0.4, -0.2) is 72.9 Å². The molecule has 0 radical (unpaired) electrons. The van der Waals surface area contributed by atoms with Gasteiger partial charge < -0.3 is 10.6 Å². The monoisotopic (exact) mass is 541 g/mol. The fourth-order valence-corrected chi connectivity index (χ4v) is 4.18. The third-order valence-electron chi connectivity index (χ3n) is 6.10. The van der Waals surface area contributed by atoms with E-state index in [-0.39, 0.29) is 41.3 Å². The Balaban J connectivity index is 0.00000341. The second-order valence-corrected chi connectivity index (χ2v) is 8.73. The summed E-state index contributed by atoms with van der Waals surface area (Å²) in [5.74, 6) is 0.433. The lowest BCUT2D eigenvalue weighted by atomic mass is 9.98. The van der Waals surface area contributed by atoms with Crippen LogP contribution >= 0.6 is 24.0 Å². The summed E-state index contributed by atoms with van der Waals surface area (Å²) in [6.45, 7) is 8.91. The summed E-state index contributed by atoms with van der Waals surface area (Å²) in [4.78, 5) is 33.0. The Morgan fingerprint density at radius 3 is 2.19 bits per heavy atom. The van der Waals surface area contributed by atoms with Gasteiger partial charge in [-0.3, -0.25) is 24.4 Å². The number of carbonyl (C=O) groups excluding carboxylic acids is 2. The second kappa shape index (κ2) is 11.8. The number of amides is 2. The lowest BCUT2D eigenvalue weighted by Gasteiger charge is -2.41. The minimum Gasteiger partial charge on any atom is -0.356 e. The van der Waals surface area contributed by atoms with Crippen molar-refractivity contribution in [1.29, 1.82) is 0 Å². The zero-order valence-corrected chi connectivity index (χ0v) is 21.3. The number of benzene rings is 1.